The van der Waals surface area contributed by atoms with Crippen LogP contribution in [0.1, 0.15) is 21.6 Å². The number of anilines is 3. The number of nitrogens with zero attached hydrogens (tertiary/aromatic N) is 6. The molecule has 1 N–H and O–H groups in total. The third-order valence-electron chi connectivity index (χ3n) is 5.23. The maximum atomic E-state index is 12.9. The SMILES string of the molecule is COc1nn(C)cc1C(=O)N1CCN(c2nc(C)cc(Nc3ccc(C)cc3)n2)CC1. The van der Waals surface area contributed by atoms with E-state index in [0.29, 0.717) is 43.6 Å². The molecule has 3 aromatic rings. The minimum absolute atomic E-state index is 0.0727. The van der Waals surface area contributed by atoms with E-state index in [1.807, 2.05) is 30.0 Å². The zero-order valence-corrected chi connectivity index (χ0v) is 18.3. The summed E-state index contributed by atoms with van der Waals surface area (Å²) in [5, 5.41) is 7.53. The van der Waals surface area contributed by atoms with Gasteiger partial charge in [0.2, 0.25) is 11.8 Å². The summed E-state index contributed by atoms with van der Waals surface area (Å²) in [5.41, 5.74) is 3.56. The summed E-state index contributed by atoms with van der Waals surface area (Å²) in [5.74, 6) is 1.70. The van der Waals surface area contributed by atoms with Crippen molar-refractivity contribution in [2.45, 2.75) is 13.8 Å². The van der Waals surface area contributed by atoms with Gasteiger partial charge in [0.05, 0.1) is 7.11 Å². The molecule has 162 valence electrons. The summed E-state index contributed by atoms with van der Waals surface area (Å²) in [4.78, 5) is 26.1. The normalized spacial score (nSPS) is 13.9. The van der Waals surface area contributed by atoms with Crippen LogP contribution in [-0.4, -0.2) is 63.8 Å². The van der Waals surface area contributed by atoms with Crippen molar-refractivity contribution >= 4 is 23.4 Å². The van der Waals surface area contributed by atoms with Crippen LogP contribution < -0.4 is 15.0 Å². The monoisotopic (exact) mass is 421 g/mol. The number of amides is 1. The van der Waals surface area contributed by atoms with Crippen molar-refractivity contribution in [1.82, 2.24) is 24.6 Å². The zero-order valence-electron chi connectivity index (χ0n) is 18.3. The third-order valence-corrected chi connectivity index (χ3v) is 5.23. The number of aromatic nitrogens is 4. The lowest BCUT2D eigenvalue weighted by atomic mass is 10.2. The second kappa shape index (κ2) is 8.63. The molecule has 0 spiro atoms. The summed E-state index contributed by atoms with van der Waals surface area (Å²) < 4.78 is 6.82. The molecule has 31 heavy (non-hydrogen) atoms. The lowest BCUT2D eigenvalue weighted by Gasteiger charge is -2.34. The molecule has 1 aliphatic rings. The fraction of sp³-hybridized carbons (Fsp3) is 0.364. The Morgan fingerprint density at radius 2 is 1.77 bits per heavy atom. The van der Waals surface area contributed by atoms with Crippen LogP contribution in [0.25, 0.3) is 0 Å². The molecule has 1 amide bonds. The van der Waals surface area contributed by atoms with Crippen molar-refractivity contribution in [1.29, 1.82) is 0 Å². The fourth-order valence-corrected chi connectivity index (χ4v) is 3.59. The number of nitrogens with one attached hydrogen (secondary N) is 1. The molecule has 4 rings (SSSR count). The maximum absolute atomic E-state index is 12.9. The standard InChI is InChI=1S/C22H27N7O2/c1-15-5-7-17(8-6-15)24-19-13-16(2)23-22(25-19)29-11-9-28(10-12-29)21(30)18-14-27(3)26-20(18)31-4/h5-8,13-14H,9-12H2,1-4H3,(H,23,24,25). The molecule has 3 heterocycles. The molecule has 2 aromatic heterocycles. The Bertz CT molecular complexity index is 1070. The molecule has 0 unspecified atom stereocenters. The molecule has 1 aliphatic heterocycles. The number of carbonyl (C=O) groups excluding carboxylic acids is 1. The topological polar surface area (TPSA) is 88.4 Å². The molecule has 0 saturated carbocycles. The van der Waals surface area contributed by atoms with Crippen LogP contribution in [0.3, 0.4) is 0 Å². The first kappa shape index (κ1) is 20.6. The first-order valence-corrected chi connectivity index (χ1v) is 10.2. The zero-order chi connectivity index (χ0) is 22.0. The number of piperazine rings is 1. The van der Waals surface area contributed by atoms with Crippen molar-refractivity contribution in [3.63, 3.8) is 0 Å². The van der Waals surface area contributed by atoms with Gasteiger partial charge in [-0.1, -0.05) is 17.7 Å². The summed E-state index contributed by atoms with van der Waals surface area (Å²) in [6, 6.07) is 10.1. The summed E-state index contributed by atoms with van der Waals surface area (Å²) >= 11 is 0. The van der Waals surface area contributed by atoms with Crippen molar-refractivity contribution in [3.05, 3.63) is 53.3 Å². The van der Waals surface area contributed by atoms with Crippen LogP contribution in [-0.2, 0) is 7.05 Å². The summed E-state index contributed by atoms with van der Waals surface area (Å²) in [7, 11) is 3.29. The number of ether oxygens (including phenoxy) is 1. The number of rotatable bonds is 5. The van der Waals surface area contributed by atoms with Gasteiger partial charge in [0, 0.05) is 56.9 Å². The van der Waals surface area contributed by atoms with Crippen molar-refractivity contribution in [2.75, 3.05) is 43.5 Å². The number of aryl methyl sites for hydroxylation is 3. The number of benzene rings is 1. The van der Waals surface area contributed by atoms with Crippen molar-refractivity contribution in [2.24, 2.45) is 7.05 Å². The lowest BCUT2D eigenvalue weighted by molar-refractivity contribution is 0.0742. The van der Waals surface area contributed by atoms with Crippen molar-refractivity contribution < 1.29 is 9.53 Å². The molecule has 0 atom stereocenters. The van der Waals surface area contributed by atoms with Gasteiger partial charge in [-0.2, -0.15) is 4.98 Å². The van der Waals surface area contributed by atoms with Crippen LogP contribution in [0.2, 0.25) is 0 Å². The minimum Gasteiger partial charge on any atom is -0.479 e. The van der Waals surface area contributed by atoms with E-state index < -0.39 is 0 Å². The van der Waals surface area contributed by atoms with Crippen LogP contribution in [0.15, 0.2) is 36.5 Å². The van der Waals surface area contributed by atoms with Gasteiger partial charge in [0.25, 0.3) is 5.91 Å². The number of methoxy groups -OCH3 is 1. The second-order valence-electron chi connectivity index (χ2n) is 7.69. The summed E-state index contributed by atoms with van der Waals surface area (Å²) in [6.07, 6.45) is 1.69. The van der Waals surface area contributed by atoms with Gasteiger partial charge in [0.15, 0.2) is 0 Å². The molecule has 9 nitrogen and oxygen atoms in total. The van der Waals surface area contributed by atoms with E-state index in [1.54, 1.807) is 17.9 Å². The Morgan fingerprint density at radius 3 is 2.45 bits per heavy atom. The van der Waals surface area contributed by atoms with E-state index in [2.05, 4.69) is 39.4 Å². The highest BCUT2D eigenvalue weighted by Gasteiger charge is 2.27. The predicted molar refractivity (Wildman–Crippen MR) is 119 cm³/mol. The van der Waals surface area contributed by atoms with Gasteiger partial charge in [0.1, 0.15) is 11.4 Å². The third kappa shape index (κ3) is 4.60. The van der Waals surface area contributed by atoms with E-state index in [9.17, 15) is 4.79 Å². The Hall–Kier alpha value is -3.62. The first-order chi connectivity index (χ1) is 14.9. The average molecular weight is 422 g/mol. The first-order valence-electron chi connectivity index (χ1n) is 10.2. The van der Waals surface area contributed by atoms with Crippen LogP contribution in [0, 0.1) is 13.8 Å². The molecule has 0 aliphatic carbocycles. The predicted octanol–water partition coefficient (Wildman–Crippen LogP) is 2.54. The van der Waals surface area contributed by atoms with Gasteiger partial charge < -0.3 is 19.9 Å². The van der Waals surface area contributed by atoms with E-state index in [4.69, 9.17) is 9.72 Å². The van der Waals surface area contributed by atoms with Crippen LogP contribution >= 0.6 is 0 Å². The van der Waals surface area contributed by atoms with Gasteiger partial charge in [-0.05, 0) is 26.0 Å². The highest BCUT2D eigenvalue weighted by atomic mass is 16.5. The van der Waals surface area contributed by atoms with Gasteiger partial charge >= 0.3 is 0 Å². The maximum Gasteiger partial charge on any atom is 0.261 e. The number of carbonyl (C=O) groups is 1. The van der Waals surface area contributed by atoms with E-state index in [1.165, 1.54) is 12.7 Å². The molecule has 0 radical (unpaired) electrons. The fourth-order valence-electron chi connectivity index (χ4n) is 3.59. The van der Waals surface area contributed by atoms with Crippen LogP contribution in [0.5, 0.6) is 5.88 Å². The highest BCUT2D eigenvalue weighted by Crippen LogP contribution is 2.22. The van der Waals surface area contributed by atoms with E-state index >= 15 is 0 Å². The highest BCUT2D eigenvalue weighted by molar-refractivity contribution is 5.96. The minimum atomic E-state index is -0.0727. The quantitative estimate of drug-likeness (QED) is 0.677. The molecule has 1 aromatic carbocycles. The van der Waals surface area contributed by atoms with Gasteiger partial charge in [-0.25, -0.2) is 4.98 Å². The molecule has 1 saturated heterocycles. The molecule has 9 heteroatoms. The van der Waals surface area contributed by atoms with Crippen LogP contribution in [0.4, 0.5) is 17.5 Å². The molecule has 1 fully saturated rings. The van der Waals surface area contributed by atoms with Crippen molar-refractivity contribution in [3.8, 4) is 5.88 Å². The average Bonchev–Trinajstić information content (AvgIpc) is 3.15. The molecular formula is C22H27N7O2. The molecule has 0 bridgehead atoms. The number of hydrogen-bond acceptors (Lipinski definition) is 7. The number of hydrogen-bond donors (Lipinski definition) is 1. The summed E-state index contributed by atoms with van der Waals surface area (Å²) in [6.45, 7) is 6.48. The van der Waals surface area contributed by atoms with E-state index in [-0.39, 0.29) is 5.91 Å². The Labute approximate surface area is 181 Å². The Morgan fingerprint density at radius 1 is 1.06 bits per heavy atom. The van der Waals surface area contributed by atoms with E-state index in [0.717, 1.165) is 17.2 Å². The molecular weight excluding hydrogens is 394 g/mol. The van der Waals surface area contributed by atoms with Gasteiger partial charge in [-0.15, -0.1) is 5.10 Å². The largest absolute Gasteiger partial charge is 0.479 e. The smallest absolute Gasteiger partial charge is 0.261 e. The second-order valence-corrected chi connectivity index (χ2v) is 7.69. The lowest BCUT2D eigenvalue weighted by Crippen LogP contribution is -2.49. The Balaban J connectivity index is 1.44. The Kier molecular flexibility index (Phi) is 5.75. The van der Waals surface area contributed by atoms with Gasteiger partial charge in [-0.3, -0.25) is 9.48 Å².